The maximum atomic E-state index is 11.1. The summed E-state index contributed by atoms with van der Waals surface area (Å²) in [6.45, 7) is 6.54. The van der Waals surface area contributed by atoms with Gasteiger partial charge >= 0.3 is 5.97 Å². The summed E-state index contributed by atoms with van der Waals surface area (Å²) < 4.78 is 5.37. The molecule has 13 heavy (non-hydrogen) atoms. The first-order valence-electron chi connectivity index (χ1n) is 5.34. The number of rotatable bonds is 3. The van der Waals surface area contributed by atoms with E-state index in [1.807, 2.05) is 0 Å². The molecule has 3 atom stereocenters. The van der Waals surface area contributed by atoms with Crippen molar-refractivity contribution in [3.8, 4) is 0 Å². The van der Waals surface area contributed by atoms with Crippen molar-refractivity contribution in [1.29, 1.82) is 0 Å². The van der Waals surface area contributed by atoms with E-state index >= 15 is 0 Å². The van der Waals surface area contributed by atoms with E-state index in [1.54, 1.807) is 0 Å². The van der Waals surface area contributed by atoms with Gasteiger partial charge in [-0.2, -0.15) is 0 Å². The third-order valence-corrected chi connectivity index (χ3v) is 2.94. The van der Waals surface area contributed by atoms with Crippen LogP contribution in [-0.4, -0.2) is 12.1 Å². The molecule has 0 radical (unpaired) electrons. The van der Waals surface area contributed by atoms with E-state index in [9.17, 15) is 4.79 Å². The molecule has 0 spiro atoms. The highest BCUT2D eigenvalue weighted by Crippen LogP contribution is 2.28. The van der Waals surface area contributed by atoms with E-state index in [4.69, 9.17) is 4.74 Å². The lowest BCUT2D eigenvalue weighted by molar-refractivity contribution is -0.161. The van der Waals surface area contributed by atoms with Gasteiger partial charge in [0, 0.05) is 6.42 Å². The van der Waals surface area contributed by atoms with Crippen molar-refractivity contribution in [3.63, 3.8) is 0 Å². The van der Waals surface area contributed by atoms with Crippen molar-refractivity contribution in [3.05, 3.63) is 0 Å². The molecule has 0 N–H and O–H groups in total. The lowest BCUT2D eigenvalue weighted by atomic mass is 9.86. The monoisotopic (exact) mass is 184 g/mol. The number of cyclic esters (lactones) is 1. The van der Waals surface area contributed by atoms with Crippen LogP contribution < -0.4 is 0 Å². The zero-order valence-electron chi connectivity index (χ0n) is 8.88. The Kier molecular flexibility index (Phi) is 3.76. The summed E-state index contributed by atoms with van der Waals surface area (Å²) in [6, 6.07) is 0. The molecular formula is C11H20O2. The fourth-order valence-electron chi connectivity index (χ4n) is 2.13. The Morgan fingerprint density at radius 1 is 1.62 bits per heavy atom. The average Bonchev–Trinajstić information content (AvgIpc) is 2.09. The first kappa shape index (κ1) is 10.6. The van der Waals surface area contributed by atoms with Crippen molar-refractivity contribution in [2.75, 3.05) is 0 Å². The highest BCUT2D eigenvalue weighted by Gasteiger charge is 2.31. The third-order valence-electron chi connectivity index (χ3n) is 2.94. The molecule has 1 saturated heterocycles. The summed E-state index contributed by atoms with van der Waals surface area (Å²) in [5, 5.41) is 0. The second kappa shape index (κ2) is 4.64. The minimum Gasteiger partial charge on any atom is -0.462 e. The van der Waals surface area contributed by atoms with E-state index in [0.29, 0.717) is 18.3 Å². The van der Waals surface area contributed by atoms with Crippen molar-refractivity contribution in [2.24, 2.45) is 11.8 Å². The number of ether oxygens (including phenoxy) is 1. The molecule has 0 aliphatic carbocycles. The van der Waals surface area contributed by atoms with Gasteiger partial charge in [0.2, 0.25) is 0 Å². The van der Waals surface area contributed by atoms with Gasteiger partial charge in [-0.15, -0.1) is 0 Å². The molecule has 1 heterocycles. The fourth-order valence-corrected chi connectivity index (χ4v) is 2.13. The molecule has 76 valence electrons. The highest BCUT2D eigenvalue weighted by atomic mass is 16.5. The Balaban J connectivity index is 2.49. The van der Waals surface area contributed by atoms with E-state index in [-0.39, 0.29) is 12.1 Å². The number of carbonyl (C=O) groups excluding carboxylic acids is 1. The van der Waals surface area contributed by atoms with Gasteiger partial charge in [0.1, 0.15) is 6.10 Å². The Hall–Kier alpha value is -0.530. The first-order valence-corrected chi connectivity index (χ1v) is 5.34. The minimum absolute atomic E-state index is 0.00828. The maximum Gasteiger partial charge on any atom is 0.306 e. The summed E-state index contributed by atoms with van der Waals surface area (Å²) in [7, 11) is 0. The van der Waals surface area contributed by atoms with Crippen LogP contribution in [0.5, 0.6) is 0 Å². The summed E-state index contributed by atoms with van der Waals surface area (Å²) in [6.07, 6.45) is 4.10. The molecule has 2 heteroatoms. The van der Waals surface area contributed by atoms with Gasteiger partial charge in [-0.3, -0.25) is 4.79 Å². The highest BCUT2D eigenvalue weighted by molar-refractivity contribution is 5.70. The quantitative estimate of drug-likeness (QED) is 0.630. The smallest absolute Gasteiger partial charge is 0.306 e. The van der Waals surface area contributed by atoms with Gasteiger partial charge in [-0.25, -0.2) is 0 Å². The molecule has 0 unspecified atom stereocenters. The minimum atomic E-state index is -0.00828. The summed E-state index contributed by atoms with van der Waals surface area (Å²) in [5.74, 6) is 1.05. The average molecular weight is 184 g/mol. The standard InChI is InChI=1S/C11H20O2/c1-4-5-8(2)11-9(3)6-7-10(12)13-11/h8-9,11H,4-7H2,1-3H3/t8-,9+,11-/m0/s1. The predicted molar refractivity (Wildman–Crippen MR) is 52.4 cm³/mol. The second-order valence-corrected chi connectivity index (χ2v) is 4.24. The molecule has 0 saturated carbocycles. The van der Waals surface area contributed by atoms with E-state index < -0.39 is 0 Å². The summed E-state index contributed by atoms with van der Waals surface area (Å²) in [5.41, 5.74) is 0. The lowest BCUT2D eigenvalue weighted by Gasteiger charge is -2.32. The number of hydrogen-bond donors (Lipinski definition) is 0. The van der Waals surface area contributed by atoms with Crippen molar-refractivity contribution in [1.82, 2.24) is 0 Å². The zero-order chi connectivity index (χ0) is 9.84. The Labute approximate surface area is 80.7 Å². The molecule has 0 bridgehead atoms. The normalized spacial score (nSPS) is 31.2. The Morgan fingerprint density at radius 3 is 2.92 bits per heavy atom. The van der Waals surface area contributed by atoms with Gasteiger partial charge in [0.25, 0.3) is 0 Å². The van der Waals surface area contributed by atoms with Crippen LogP contribution in [0.4, 0.5) is 0 Å². The van der Waals surface area contributed by atoms with Gasteiger partial charge in [-0.05, 0) is 24.7 Å². The van der Waals surface area contributed by atoms with E-state index in [1.165, 1.54) is 6.42 Å². The molecule has 0 aromatic heterocycles. The number of carbonyl (C=O) groups is 1. The van der Waals surface area contributed by atoms with Crippen molar-refractivity contribution < 1.29 is 9.53 Å². The Morgan fingerprint density at radius 2 is 2.31 bits per heavy atom. The Bertz CT molecular complexity index is 177. The van der Waals surface area contributed by atoms with Crippen LogP contribution >= 0.6 is 0 Å². The van der Waals surface area contributed by atoms with Crippen LogP contribution in [-0.2, 0) is 9.53 Å². The topological polar surface area (TPSA) is 26.3 Å². The van der Waals surface area contributed by atoms with Crippen molar-refractivity contribution in [2.45, 2.75) is 52.6 Å². The van der Waals surface area contributed by atoms with E-state index in [2.05, 4.69) is 20.8 Å². The first-order chi connectivity index (χ1) is 6.15. The van der Waals surface area contributed by atoms with Crippen LogP contribution in [0.25, 0.3) is 0 Å². The van der Waals surface area contributed by atoms with Crippen LogP contribution in [0.15, 0.2) is 0 Å². The molecule has 2 nitrogen and oxygen atoms in total. The third kappa shape index (κ3) is 2.71. The molecule has 0 aromatic rings. The number of hydrogen-bond acceptors (Lipinski definition) is 2. The predicted octanol–water partition coefficient (Wildman–Crippen LogP) is 2.76. The summed E-state index contributed by atoms with van der Waals surface area (Å²) >= 11 is 0. The SMILES string of the molecule is CCC[C@H](C)[C@@H]1OC(=O)CC[C@H]1C. The van der Waals surface area contributed by atoms with Gasteiger partial charge < -0.3 is 4.74 Å². The molecule has 0 aromatic carbocycles. The number of esters is 1. The van der Waals surface area contributed by atoms with Crippen LogP contribution in [0.2, 0.25) is 0 Å². The zero-order valence-corrected chi connectivity index (χ0v) is 8.88. The second-order valence-electron chi connectivity index (χ2n) is 4.24. The van der Waals surface area contributed by atoms with Crippen molar-refractivity contribution >= 4 is 5.97 Å². The molecule has 1 aliphatic rings. The summed E-state index contributed by atoms with van der Waals surface area (Å²) in [4.78, 5) is 11.1. The molecule has 1 aliphatic heterocycles. The largest absolute Gasteiger partial charge is 0.462 e. The van der Waals surface area contributed by atoms with Crippen LogP contribution in [0.3, 0.4) is 0 Å². The fraction of sp³-hybridized carbons (Fsp3) is 0.909. The van der Waals surface area contributed by atoms with Crippen LogP contribution in [0.1, 0.15) is 46.5 Å². The molecule has 0 amide bonds. The van der Waals surface area contributed by atoms with E-state index in [0.717, 1.165) is 12.8 Å². The maximum absolute atomic E-state index is 11.1. The van der Waals surface area contributed by atoms with Gasteiger partial charge in [0.15, 0.2) is 0 Å². The van der Waals surface area contributed by atoms with Gasteiger partial charge in [0.05, 0.1) is 0 Å². The lowest BCUT2D eigenvalue weighted by Crippen LogP contribution is -2.35. The van der Waals surface area contributed by atoms with Gasteiger partial charge in [-0.1, -0.05) is 27.2 Å². The molecular weight excluding hydrogens is 164 g/mol. The van der Waals surface area contributed by atoms with Crippen LogP contribution in [0, 0.1) is 11.8 Å². The molecule has 1 rings (SSSR count). The molecule has 1 fully saturated rings.